The molecule has 0 atom stereocenters. The molecule has 5 nitrogen and oxygen atoms in total. The van der Waals surface area contributed by atoms with Crippen molar-refractivity contribution >= 4 is 16.9 Å². The summed E-state index contributed by atoms with van der Waals surface area (Å²) in [6, 6.07) is 15.8. The Morgan fingerprint density at radius 3 is 2.57 bits per heavy atom. The van der Waals surface area contributed by atoms with Crippen LogP contribution in [0.1, 0.15) is 31.2 Å². The van der Waals surface area contributed by atoms with Gasteiger partial charge < -0.3 is 14.3 Å². The van der Waals surface area contributed by atoms with Gasteiger partial charge in [0.1, 0.15) is 17.1 Å². The lowest BCUT2D eigenvalue weighted by Gasteiger charge is -2.07. The van der Waals surface area contributed by atoms with Gasteiger partial charge in [-0.05, 0) is 56.2 Å². The molecule has 5 heteroatoms. The summed E-state index contributed by atoms with van der Waals surface area (Å²) in [6.45, 7) is 2.71. The van der Waals surface area contributed by atoms with Crippen LogP contribution in [0.5, 0.6) is 5.75 Å². The summed E-state index contributed by atoms with van der Waals surface area (Å²) < 4.78 is 11.3. The highest BCUT2D eigenvalue weighted by Gasteiger charge is 2.07. The molecule has 3 rings (SSSR count). The second-order valence-electron chi connectivity index (χ2n) is 6.81. The molecule has 1 heterocycles. The topological polar surface area (TPSA) is 72.0 Å². The van der Waals surface area contributed by atoms with Crippen molar-refractivity contribution in [2.45, 2.75) is 32.6 Å². The zero-order valence-electron chi connectivity index (χ0n) is 16.3. The molecule has 0 amide bonds. The molecule has 0 aliphatic rings. The van der Waals surface area contributed by atoms with Gasteiger partial charge in [-0.3, -0.25) is 9.79 Å². The van der Waals surface area contributed by atoms with Crippen molar-refractivity contribution in [3.8, 4) is 17.1 Å². The number of benzene rings is 2. The summed E-state index contributed by atoms with van der Waals surface area (Å²) >= 11 is 0. The monoisotopic (exact) mass is 379 g/mol. The Bertz CT molecular complexity index is 1020. The fourth-order valence-corrected chi connectivity index (χ4v) is 3.08. The Morgan fingerprint density at radius 1 is 1.07 bits per heavy atom. The van der Waals surface area contributed by atoms with Crippen molar-refractivity contribution in [1.29, 1.82) is 0 Å². The number of methoxy groups -OCH3 is 1. The molecule has 1 aromatic heterocycles. The van der Waals surface area contributed by atoms with E-state index < -0.39 is 5.97 Å². The molecule has 0 unspecified atom stereocenters. The number of carbonyl (C=O) groups is 1. The summed E-state index contributed by atoms with van der Waals surface area (Å²) in [5.74, 6) is 0.808. The molecular weight excluding hydrogens is 354 g/mol. The number of carboxylic acid groups (broad SMARTS) is 1. The van der Waals surface area contributed by atoms with Crippen LogP contribution in [0.2, 0.25) is 0 Å². The van der Waals surface area contributed by atoms with Crippen molar-refractivity contribution in [3.05, 3.63) is 59.5 Å². The molecule has 1 N–H and O–H groups in total. The molecule has 0 fully saturated rings. The van der Waals surface area contributed by atoms with E-state index in [9.17, 15) is 4.79 Å². The number of hydrogen-bond acceptors (Lipinski definition) is 4. The molecule has 0 bridgehead atoms. The first kappa shape index (κ1) is 19.7. The van der Waals surface area contributed by atoms with Crippen molar-refractivity contribution in [3.63, 3.8) is 0 Å². The van der Waals surface area contributed by atoms with Crippen LogP contribution < -0.4 is 10.1 Å². The van der Waals surface area contributed by atoms with Crippen LogP contribution in [0.3, 0.4) is 0 Å². The SMILES string of the molecule is COc1ccc(-c2cc(=NCCCCCC(=O)O)c3cc(C)ccc3o2)cc1. The van der Waals surface area contributed by atoms with Gasteiger partial charge in [-0.25, -0.2) is 0 Å². The van der Waals surface area contributed by atoms with E-state index in [1.165, 1.54) is 0 Å². The summed E-state index contributed by atoms with van der Waals surface area (Å²) in [5.41, 5.74) is 2.91. The lowest BCUT2D eigenvalue weighted by atomic mass is 10.1. The van der Waals surface area contributed by atoms with Crippen molar-refractivity contribution in [1.82, 2.24) is 0 Å². The molecule has 2 aromatic carbocycles. The molecule has 0 radical (unpaired) electrons. The maximum absolute atomic E-state index is 10.6. The molecule has 0 spiro atoms. The zero-order chi connectivity index (χ0) is 19.9. The molecule has 0 saturated heterocycles. The lowest BCUT2D eigenvalue weighted by molar-refractivity contribution is -0.137. The normalized spacial score (nSPS) is 11.7. The van der Waals surface area contributed by atoms with Gasteiger partial charge in [0, 0.05) is 30.0 Å². The number of ether oxygens (including phenoxy) is 1. The van der Waals surface area contributed by atoms with Crippen molar-refractivity contribution in [2.24, 2.45) is 4.99 Å². The standard InChI is InChI=1S/C23H25NO4/c1-16-7-12-21-19(14-16)20(24-13-5-3-4-6-23(25)26)15-22(28-21)17-8-10-18(27-2)11-9-17/h7-12,14-15H,3-6,13H2,1-2H3,(H,25,26). The van der Waals surface area contributed by atoms with E-state index in [1.807, 2.05) is 49.4 Å². The molecule has 0 saturated carbocycles. The van der Waals surface area contributed by atoms with Crippen molar-refractivity contribution < 1.29 is 19.1 Å². The third-order valence-electron chi connectivity index (χ3n) is 4.60. The zero-order valence-corrected chi connectivity index (χ0v) is 16.3. The highest BCUT2D eigenvalue weighted by molar-refractivity contribution is 5.79. The van der Waals surface area contributed by atoms with Gasteiger partial charge >= 0.3 is 5.97 Å². The summed E-state index contributed by atoms with van der Waals surface area (Å²) in [4.78, 5) is 15.4. The average molecular weight is 379 g/mol. The van der Waals surface area contributed by atoms with Gasteiger partial charge in [-0.15, -0.1) is 0 Å². The largest absolute Gasteiger partial charge is 0.497 e. The molecule has 146 valence electrons. The Balaban J connectivity index is 1.90. The maximum atomic E-state index is 10.6. The van der Waals surface area contributed by atoms with Crippen LogP contribution in [-0.4, -0.2) is 24.7 Å². The van der Waals surface area contributed by atoms with E-state index in [2.05, 4.69) is 6.07 Å². The predicted octanol–water partition coefficient (Wildman–Crippen LogP) is 4.96. The minimum Gasteiger partial charge on any atom is -0.497 e. The Kier molecular flexibility index (Phi) is 6.48. The van der Waals surface area contributed by atoms with Crippen LogP contribution >= 0.6 is 0 Å². The van der Waals surface area contributed by atoms with E-state index in [0.717, 1.165) is 51.8 Å². The van der Waals surface area contributed by atoms with Gasteiger partial charge in [0.2, 0.25) is 0 Å². The summed E-state index contributed by atoms with van der Waals surface area (Å²) in [5, 5.41) is 10.6. The molecular formula is C23H25NO4. The first-order chi connectivity index (χ1) is 13.6. The number of fused-ring (bicyclic) bond motifs is 1. The molecule has 0 aliphatic heterocycles. The smallest absolute Gasteiger partial charge is 0.303 e. The number of hydrogen-bond donors (Lipinski definition) is 1. The third kappa shape index (κ3) is 5.00. The molecule has 0 aliphatic carbocycles. The number of rotatable bonds is 8. The quantitative estimate of drug-likeness (QED) is 0.561. The number of nitrogens with zero attached hydrogens (tertiary/aromatic N) is 1. The summed E-state index contributed by atoms with van der Waals surface area (Å²) in [7, 11) is 1.64. The number of aryl methyl sites for hydroxylation is 1. The van der Waals surface area contributed by atoms with E-state index in [0.29, 0.717) is 13.0 Å². The van der Waals surface area contributed by atoms with Crippen molar-refractivity contribution in [2.75, 3.05) is 13.7 Å². The third-order valence-corrected chi connectivity index (χ3v) is 4.60. The van der Waals surface area contributed by atoms with E-state index >= 15 is 0 Å². The predicted molar refractivity (Wildman–Crippen MR) is 109 cm³/mol. The molecule has 28 heavy (non-hydrogen) atoms. The number of unbranched alkanes of at least 4 members (excludes halogenated alkanes) is 2. The van der Waals surface area contributed by atoms with Gasteiger partial charge in [0.15, 0.2) is 0 Å². The van der Waals surface area contributed by atoms with Crippen LogP contribution in [0.4, 0.5) is 0 Å². The Labute approximate surface area is 164 Å². The fourth-order valence-electron chi connectivity index (χ4n) is 3.08. The Morgan fingerprint density at radius 2 is 1.86 bits per heavy atom. The maximum Gasteiger partial charge on any atom is 0.303 e. The second-order valence-corrected chi connectivity index (χ2v) is 6.81. The second kappa shape index (κ2) is 9.22. The van der Waals surface area contributed by atoms with Gasteiger partial charge in [0.05, 0.1) is 12.5 Å². The number of carboxylic acids is 1. The molecule has 3 aromatic rings. The fraction of sp³-hybridized carbons (Fsp3) is 0.304. The van der Waals surface area contributed by atoms with E-state index in [1.54, 1.807) is 7.11 Å². The lowest BCUT2D eigenvalue weighted by Crippen LogP contribution is -2.05. The highest BCUT2D eigenvalue weighted by atomic mass is 16.5. The minimum absolute atomic E-state index is 0.216. The minimum atomic E-state index is -0.743. The van der Waals surface area contributed by atoms with Crippen LogP contribution in [0.25, 0.3) is 22.3 Å². The Hall–Kier alpha value is -3.08. The van der Waals surface area contributed by atoms with E-state index in [4.69, 9.17) is 19.3 Å². The first-order valence-corrected chi connectivity index (χ1v) is 9.48. The van der Waals surface area contributed by atoms with E-state index in [-0.39, 0.29) is 6.42 Å². The highest BCUT2D eigenvalue weighted by Crippen LogP contribution is 2.24. The first-order valence-electron chi connectivity index (χ1n) is 9.48. The van der Waals surface area contributed by atoms with Gasteiger partial charge in [-0.1, -0.05) is 18.1 Å². The average Bonchev–Trinajstić information content (AvgIpc) is 2.70. The number of aliphatic carboxylic acids is 1. The van der Waals surface area contributed by atoms with Crippen LogP contribution in [-0.2, 0) is 4.79 Å². The summed E-state index contributed by atoms with van der Waals surface area (Å²) in [6.07, 6.45) is 2.62. The van der Waals surface area contributed by atoms with Crippen LogP contribution in [0.15, 0.2) is 57.9 Å². The van der Waals surface area contributed by atoms with Gasteiger partial charge in [0.25, 0.3) is 0 Å². The van der Waals surface area contributed by atoms with Crippen LogP contribution in [0, 0.1) is 6.92 Å². The van der Waals surface area contributed by atoms with Gasteiger partial charge in [-0.2, -0.15) is 0 Å².